The maximum absolute atomic E-state index is 14.2. The fraction of sp³-hybridized carbons (Fsp3) is 0.467. The maximum Gasteiger partial charge on any atom is 0.259 e. The summed E-state index contributed by atoms with van der Waals surface area (Å²) >= 11 is 1.62. The van der Waals surface area contributed by atoms with E-state index in [1.54, 1.807) is 25.2 Å². The van der Waals surface area contributed by atoms with Crippen LogP contribution >= 0.6 is 11.3 Å². The highest BCUT2D eigenvalue weighted by atomic mass is 32.1. The topological polar surface area (TPSA) is 105 Å². The molecule has 0 amide bonds. The van der Waals surface area contributed by atoms with Crippen LogP contribution in [0.1, 0.15) is 80.6 Å². The van der Waals surface area contributed by atoms with Crippen LogP contribution in [0.2, 0.25) is 0 Å². The van der Waals surface area contributed by atoms with Crippen molar-refractivity contribution in [3.05, 3.63) is 74.8 Å². The van der Waals surface area contributed by atoms with Crippen molar-refractivity contribution in [2.75, 3.05) is 6.61 Å². The summed E-state index contributed by atoms with van der Waals surface area (Å²) < 4.78 is 9.67. The molecular weight excluding hydrogens is 510 g/mol. The fourth-order valence-electron chi connectivity index (χ4n) is 5.46. The molecule has 0 radical (unpaired) electrons. The normalized spacial score (nSPS) is 17.9. The molecular formula is C30H35N5O3S. The van der Waals surface area contributed by atoms with Gasteiger partial charge in [-0.25, -0.2) is 4.52 Å². The highest BCUT2D eigenvalue weighted by Crippen LogP contribution is 2.33. The molecule has 0 unspecified atom stereocenters. The number of thiophene rings is 1. The van der Waals surface area contributed by atoms with Crippen molar-refractivity contribution in [2.45, 2.75) is 83.5 Å². The van der Waals surface area contributed by atoms with Gasteiger partial charge in [-0.2, -0.15) is 15.3 Å². The third-order valence-electron chi connectivity index (χ3n) is 7.32. The Morgan fingerprint density at radius 3 is 2.67 bits per heavy atom. The number of ether oxygens (including phenoxy) is 1. The Morgan fingerprint density at radius 2 is 1.95 bits per heavy atom. The van der Waals surface area contributed by atoms with Crippen molar-refractivity contribution in [1.82, 2.24) is 19.2 Å². The van der Waals surface area contributed by atoms with Crippen LogP contribution in [-0.2, 0) is 17.6 Å². The number of fused-ring (bicyclic) bond motifs is 1. The van der Waals surface area contributed by atoms with E-state index in [1.807, 2.05) is 39.4 Å². The van der Waals surface area contributed by atoms with Gasteiger partial charge < -0.3 is 9.84 Å². The van der Waals surface area contributed by atoms with Crippen molar-refractivity contribution >= 4 is 17.1 Å². The minimum Gasteiger partial charge on any atom is -0.388 e. The summed E-state index contributed by atoms with van der Waals surface area (Å²) in [4.78, 5) is 20.8. The lowest BCUT2D eigenvalue weighted by Gasteiger charge is -2.31. The van der Waals surface area contributed by atoms with Crippen molar-refractivity contribution < 1.29 is 9.84 Å². The van der Waals surface area contributed by atoms with Crippen LogP contribution in [0.3, 0.4) is 0 Å². The second kappa shape index (κ2) is 11.4. The molecule has 0 atom stereocenters. The Labute approximate surface area is 232 Å². The number of aliphatic hydroxyl groups is 1. The standard InChI is InChI=1S/C30H35N5O3S/c1-4-7-26-25(16-23-14-15-27(39-23)24-9-6-5-8-20(24)17-31)28(36)34(29-32-19-33-35(26)29)21-10-12-22(13-11-21)38-18-30(2,3)37/h5-6,8-9,14-15,19,21-22,37H,4,7,10-13,16,18H2,1-3H3. The Morgan fingerprint density at radius 1 is 1.18 bits per heavy atom. The average Bonchev–Trinajstić information content (AvgIpc) is 3.60. The highest BCUT2D eigenvalue weighted by molar-refractivity contribution is 7.15. The van der Waals surface area contributed by atoms with E-state index >= 15 is 0 Å². The van der Waals surface area contributed by atoms with Gasteiger partial charge in [0.1, 0.15) is 6.33 Å². The van der Waals surface area contributed by atoms with E-state index in [0.717, 1.165) is 65.1 Å². The van der Waals surface area contributed by atoms with E-state index in [1.165, 1.54) is 6.33 Å². The van der Waals surface area contributed by atoms with Gasteiger partial charge >= 0.3 is 0 Å². The Hall–Kier alpha value is -3.32. The van der Waals surface area contributed by atoms with Gasteiger partial charge in [-0.15, -0.1) is 11.3 Å². The third kappa shape index (κ3) is 5.83. The second-order valence-electron chi connectivity index (χ2n) is 11.0. The minimum absolute atomic E-state index is 0.00665. The van der Waals surface area contributed by atoms with Gasteiger partial charge in [-0.1, -0.05) is 31.5 Å². The summed E-state index contributed by atoms with van der Waals surface area (Å²) in [6, 6.07) is 14.0. The molecule has 1 aliphatic rings. The molecule has 0 saturated heterocycles. The zero-order valence-electron chi connectivity index (χ0n) is 22.8. The summed E-state index contributed by atoms with van der Waals surface area (Å²) in [5.41, 5.74) is 2.39. The van der Waals surface area contributed by atoms with Crippen molar-refractivity contribution in [3.63, 3.8) is 0 Å². The van der Waals surface area contributed by atoms with E-state index in [2.05, 4.69) is 29.1 Å². The molecule has 3 aromatic heterocycles. The number of hydrogen-bond acceptors (Lipinski definition) is 7. The summed E-state index contributed by atoms with van der Waals surface area (Å²) in [6.45, 7) is 5.90. The molecule has 1 saturated carbocycles. The minimum atomic E-state index is -0.857. The van der Waals surface area contributed by atoms with Gasteiger partial charge in [0, 0.05) is 33.3 Å². The fourth-order valence-corrected chi connectivity index (χ4v) is 6.52. The van der Waals surface area contributed by atoms with Crippen LogP contribution < -0.4 is 5.56 Å². The summed E-state index contributed by atoms with van der Waals surface area (Å²) in [6.07, 6.45) is 7.01. The highest BCUT2D eigenvalue weighted by Gasteiger charge is 2.29. The SMILES string of the molecule is CCCc1c(Cc2ccc(-c3ccccc3C#N)s2)c(=O)n(C2CCC(OCC(C)(C)O)CC2)c2ncnn12. The molecule has 5 rings (SSSR count). The smallest absolute Gasteiger partial charge is 0.259 e. The Kier molecular flexibility index (Phi) is 7.98. The first-order chi connectivity index (χ1) is 18.8. The van der Waals surface area contributed by atoms with Gasteiger partial charge in [-0.3, -0.25) is 9.36 Å². The van der Waals surface area contributed by atoms with Crippen LogP contribution in [0.5, 0.6) is 0 Å². The molecule has 8 nitrogen and oxygen atoms in total. The predicted octanol–water partition coefficient (Wildman–Crippen LogP) is 5.31. The molecule has 1 aromatic carbocycles. The lowest BCUT2D eigenvalue weighted by atomic mass is 9.92. The van der Waals surface area contributed by atoms with Crippen LogP contribution in [0.25, 0.3) is 16.2 Å². The number of rotatable bonds is 9. The van der Waals surface area contributed by atoms with E-state index < -0.39 is 5.60 Å². The van der Waals surface area contributed by atoms with E-state index in [0.29, 0.717) is 24.4 Å². The summed E-state index contributed by atoms with van der Waals surface area (Å²) in [5, 5.41) is 24.1. The van der Waals surface area contributed by atoms with E-state index in [9.17, 15) is 15.2 Å². The number of aromatic nitrogens is 4. The van der Waals surface area contributed by atoms with Crippen LogP contribution in [0, 0.1) is 11.3 Å². The van der Waals surface area contributed by atoms with Crippen LogP contribution in [0.4, 0.5) is 0 Å². The summed E-state index contributed by atoms with van der Waals surface area (Å²) in [7, 11) is 0. The second-order valence-corrected chi connectivity index (χ2v) is 12.1. The predicted molar refractivity (Wildman–Crippen MR) is 152 cm³/mol. The Bertz CT molecular complexity index is 1550. The molecule has 0 bridgehead atoms. The first-order valence-corrected chi connectivity index (χ1v) is 14.5. The number of aryl methyl sites for hydroxylation is 1. The first-order valence-electron chi connectivity index (χ1n) is 13.7. The quantitative estimate of drug-likeness (QED) is 0.306. The molecule has 4 aromatic rings. The zero-order valence-corrected chi connectivity index (χ0v) is 23.6. The monoisotopic (exact) mass is 545 g/mol. The van der Waals surface area contributed by atoms with Crippen molar-refractivity contribution in [3.8, 4) is 16.5 Å². The molecule has 3 heterocycles. The first kappa shape index (κ1) is 27.3. The maximum atomic E-state index is 14.2. The number of nitriles is 1. The van der Waals surface area contributed by atoms with E-state index in [-0.39, 0.29) is 17.7 Å². The van der Waals surface area contributed by atoms with Crippen LogP contribution in [0.15, 0.2) is 47.5 Å². The van der Waals surface area contributed by atoms with Crippen LogP contribution in [-0.4, -0.2) is 42.6 Å². The van der Waals surface area contributed by atoms with Gasteiger partial charge in [0.2, 0.25) is 5.78 Å². The zero-order chi connectivity index (χ0) is 27.6. The number of benzene rings is 1. The van der Waals surface area contributed by atoms with Gasteiger partial charge in [0.05, 0.1) is 35.6 Å². The van der Waals surface area contributed by atoms with Gasteiger partial charge in [0.25, 0.3) is 5.56 Å². The molecule has 39 heavy (non-hydrogen) atoms. The number of nitrogens with zero attached hydrogens (tertiary/aromatic N) is 5. The Balaban J connectivity index is 1.47. The average molecular weight is 546 g/mol. The lowest BCUT2D eigenvalue weighted by molar-refractivity contribution is -0.0654. The lowest BCUT2D eigenvalue weighted by Crippen LogP contribution is -2.36. The molecule has 1 fully saturated rings. The van der Waals surface area contributed by atoms with E-state index in [4.69, 9.17) is 4.74 Å². The van der Waals surface area contributed by atoms with Gasteiger partial charge in [0.15, 0.2) is 0 Å². The molecule has 1 N–H and O–H groups in total. The van der Waals surface area contributed by atoms with Crippen molar-refractivity contribution in [2.24, 2.45) is 0 Å². The molecule has 0 spiro atoms. The largest absolute Gasteiger partial charge is 0.388 e. The van der Waals surface area contributed by atoms with Gasteiger partial charge in [-0.05, 0) is 64.2 Å². The third-order valence-corrected chi connectivity index (χ3v) is 8.44. The number of hydrogen-bond donors (Lipinski definition) is 1. The molecule has 204 valence electrons. The van der Waals surface area contributed by atoms with Crippen molar-refractivity contribution in [1.29, 1.82) is 5.26 Å². The molecule has 1 aliphatic carbocycles. The molecule has 0 aliphatic heterocycles. The summed E-state index contributed by atoms with van der Waals surface area (Å²) in [5.74, 6) is 0.600. The molecule has 9 heteroatoms.